The summed E-state index contributed by atoms with van der Waals surface area (Å²) >= 11 is 0. The molecule has 6 heteroatoms. The zero-order valence-corrected chi connectivity index (χ0v) is 12.9. The fourth-order valence-electron chi connectivity index (χ4n) is 1.51. The molecule has 0 amide bonds. The van der Waals surface area contributed by atoms with E-state index in [2.05, 4.69) is 17.3 Å². The van der Waals surface area contributed by atoms with Gasteiger partial charge in [-0.05, 0) is 37.6 Å². The fraction of sp³-hybridized carbons (Fsp3) is 0.533. The highest BCUT2D eigenvalue weighted by Crippen LogP contribution is 2.18. The lowest BCUT2D eigenvalue weighted by Crippen LogP contribution is -2.14. The summed E-state index contributed by atoms with van der Waals surface area (Å²) in [5, 5.41) is 10.0. The molecule has 1 aromatic carbocycles. The van der Waals surface area contributed by atoms with Crippen LogP contribution < -0.4 is 4.74 Å². The summed E-state index contributed by atoms with van der Waals surface area (Å²) in [6.07, 6.45) is 2.22. The molecule has 0 aliphatic carbocycles. The first kappa shape index (κ1) is 16.9. The summed E-state index contributed by atoms with van der Waals surface area (Å²) in [5.74, 6) is 0.222. The maximum atomic E-state index is 11.2. The van der Waals surface area contributed by atoms with Gasteiger partial charge < -0.3 is 9.47 Å². The van der Waals surface area contributed by atoms with Crippen LogP contribution in [0.5, 0.6) is 5.75 Å². The Labute approximate surface area is 125 Å². The van der Waals surface area contributed by atoms with Gasteiger partial charge in [0.25, 0.3) is 0 Å². The van der Waals surface area contributed by atoms with Crippen molar-refractivity contribution in [3.05, 3.63) is 24.3 Å². The van der Waals surface area contributed by atoms with E-state index in [1.54, 1.807) is 31.2 Å². The second-order valence-corrected chi connectivity index (χ2v) is 4.51. The standard InChI is InChI=1S/C15H23N3O3/c1-4-6-11-18(3)17-16-13-7-9-14(10-8-13)21-12-15(19)20-5-2/h7-10H,4-6,11-12H2,1-3H3. The van der Waals surface area contributed by atoms with Crippen molar-refractivity contribution in [1.29, 1.82) is 0 Å². The summed E-state index contributed by atoms with van der Waals surface area (Å²) < 4.78 is 10.1. The van der Waals surface area contributed by atoms with Gasteiger partial charge in [-0.25, -0.2) is 4.79 Å². The number of unbranched alkanes of at least 4 members (excludes halogenated alkanes) is 1. The van der Waals surface area contributed by atoms with E-state index in [1.165, 1.54) is 0 Å². The SMILES string of the molecule is CCCCN(C)N=Nc1ccc(OCC(=O)OCC)cc1. The van der Waals surface area contributed by atoms with E-state index in [9.17, 15) is 4.79 Å². The number of rotatable bonds is 9. The Kier molecular flexibility index (Phi) is 7.86. The van der Waals surface area contributed by atoms with Crippen LogP contribution in [0.2, 0.25) is 0 Å². The number of carbonyl (C=O) groups excluding carboxylic acids is 1. The van der Waals surface area contributed by atoms with E-state index < -0.39 is 0 Å². The molecule has 0 heterocycles. The predicted molar refractivity (Wildman–Crippen MR) is 80.6 cm³/mol. The van der Waals surface area contributed by atoms with Gasteiger partial charge in [0.1, 0.15) is 5.75 Å². The maximum Gasteiger partial charge on any atom is 0.344 e. The van der Waals surface area contributed by atoms with E-state index in [0.29, 0.717) is 12.4 Å². The highest BCUT2D eigenvalue weighted by atomic mass is 16.6. The van der Waals surface area contributed by atoms with Gasteiger partial charge in [0.05, 0.1) is 12.3 Å². The predicted octanol–water partition coefficient (Wildman–Crippen LogP) is 3.36. The third-order valence-corrected chi connectivity index (χ3v) is 2.65. The average Bonchev–Trinajstić information content (AvgIpc) is 2.50. The molecule has 0 N–H and O–H groups in total. The van der Waals surface area contributed by atoms with Crippen LogP contribution in [-0.4, -0.2) is 37.8 Å². The van der Waals surface area contributed by atoms with Gasteiger partial charge in [-0.15, -0.1) is 5.11 Å². The molecule has 0 aliphatic heterocycles. The lowest BCUT2D eigenvalue weighted by Gasteiger charge is -2.09. The summed E-state index contributed by atoms with van der Waals surface area (Å²) in [5.41, 5.74) is 0.738. The zero-order valence-electron chi connectivity index (χ0n) is 12.9. The Bertz CT molecular complexity index is 446. The largest absolute Gasteiger partial charge is 0.482 e. The molecule has 0 fully saturated rings. The molecule has 0 bridgehead atoms. The van der Waals surface area contributed by atoms with E-state index in [1.807, 2.05) is 12.1 Å². The number of benzene rings is 1. The molecular formula is C15H23N3O3. The average molecular weight is 293 g/mol. The second-order valence-electron chi connectivity index (χ2n) is 4.51. The fourth-order valence-corrected chi connectivity index (χ4v) is 1.51. The molecule has 0 saturated carbocycles. The van der Waals surface area contributed by atoms with Gasteiger partial charge in [-0.1, -0.05) is 18.6 Å². The number of ether oxygens (including phenoxy) is 2. The molecule has 0 radical (unpaired) electrons. The van der Waals surface area contributed by atoms with Crippen LogP contribution in [0.25, 0.3) is 0 Å². The van der Waals surface area contributed by atoms with Gasteiger partial charge in [0, 0.05) is 13.6 Å². The van der Waals surface area contributed by atoms with Crippen LogP contribution in [0.3, 0.4) is 0 Å². The Hall–Kier alpha value is -2.11. The topological polar surface area (TPSA) is 63.5 Å². The van der Waals surface area contributed by atoms with Crippen molar-refractivity contribution in [2.75, 3.05) is 26.8 Å². The molecule has 0 atom stereocenters. The molecule has 1 aromatic rings. The lowest BCUT2D eigenvalue weighted by molar-refractivity contribution is -0.145. The highest BCUT2D eigenvalue weighted by Gasteiger charge is 2.02. The van der Waals surface area contributed by atoms with Crippen molar-refractivity contribution in [1.82, 2.24) is 5.01 Å². The van der Waals surface area contributed by atoms with Crippen LogP contribution in [-0.2, 0) is 9.53 Å². The molecule has 0 aromatic heterocycles. The Balaban J connectivity index is 2.42. The smallest absolute Gasteiger partial charge is 0.344 e. The maximum absolute atomic E-state index is 11.2. The van der Waals surface area contributed by atoms with E-state index in [-0.39, 0.29) is 12.6 Å². The van der Waals surface area contributed by atoms with Crippen molar-refractivity contribution < 1.29 is 14.3 Å². The van der Waals surface area contributed by atoms with Crippen LogP contribution in [0.4, 0.5) is 5.69 Å². The Morgan fingerprint density at radius 2 is 1.95 bits per heavy atom. The first-order chi connectivity index (χ1) is 10.2. The quantitative estimate of drug-likeness (QED) is 0.398. The minimum atomic E-state index is -0.376. The van der Waals surface area contributed by atoms with Crippen molar-refractivity contribution in [3.8, 4) is 5.75 Å². The molecule has 1 rings (SSSR count). The molecular weight excluding hydrogens is 270 g/mol. The van der Waals surface area contributed by atoms with Gasteiger partial charge in [0.2, 0.25) is 0 Å². The highest BCUT2D eigenvalue weighted by molar-refractivity contribution is 5.71. The summed E-state index contributed by atoms with van der Waals surface area (Å²) in [7, 11) is 1.90. The molecule has 0 saturated heterocycles. The zero-order chi connectivity index (χ0) is 15.5. The Morgan fingerprint density at radius 1 is 1.24 bits per heavy atom. The van der Waals surface area contributed by atoms with E-state index in [4.69, 9.17) is 9.47 Å². The minimum Gasteiger partial charge on any atom is -0.482 e. The van der Waals surface area contributed by atoms with Gasteiger partial charge in [-0.3, -0.25) is 5.01 Å². The van der Waals surface area contributed by atoms with E-state index in [0.717, 1.165) is 25.1 Å². The van der Waals surface area contributed by atoms with Crippen molar-refractivity contribution >= 4 is 11.7 Å². The number of carbonyl (C=O) groups is 1. The van der Waals surface area contributed by atoms with Gasteiger partial charge in [0.15, 0.2) is 6.61 Å². The van der Waals surface area contributed by atoms with Crippen molar-refractivity contribution in [2.24, 2.45) is 10.3 Å². The molecule has 0 spiro atoms. The lowest BCUT2D eigenvalue weighted by atomic mass is 10.3. The first-order valence-corrected chi connectivity index (χ1v) is 7.17. The van der Waals surface area contributed by atoms with Gasteiger partial charge in [-0.2, -0.15) is 0 Å². The van der Waals surface area contributed by atoms with Crippen LogP contribution in [0, 0.1) is 0 Å². The summed E-state index contributed by atoms with van der Waals surface area (Å²) in [4.78, 5) is 11.2. The molecule has 0 unspecified atom stereocenters. The number of nitrogens with zero attached hydrogens (tertiary/aromatic N) is 3. The van der Waals surface area contributed by atoms with Crippen molar-refractivity contribution in [3.63, 3.8) is 0 Å². The first-order valence-electron chi connectivity index (χ1n) is 7.17. The normalized spacial score (nSPS) is 10.6. The Morgan fingerprint density at radius 3 is 2.57 bits per heavy atom. The number of hydrogen-bond donors (Lipinski definition) is 0. The molecule has 0 aliphatic rings. The number of esters is 1. The van der Waals surface area contributed by atoms with Crippen LogP contribution >= 0.6 is 0 Å². The summed E-state index contributed by atoms with van der Waals surface area (Å²) in [6.45, 7) is 5.05. The third kappa shape index (κ3) is 7.29. The monoisotopic (exact) mass is 293 g/mol. The van der Waals surface area contributed by atoms with Crippen LogP contribution in [0.15, 0.2) is 34.6 Å². The minimum absolute atomic E-state index is 0.0888. The molecule has 6 nitrogen and oxygen atoms in total. The van der Waals surface area contributed by atoms with Crippen molar-refractivity contribution in [2.45, 2.75) is 26.7 Å². The van der Waals surface area contributed by atoms with E-state index >= 15 is 0 Å². The van der Waals surface area contributed by atoms with Gasteiger partial charge >= 0.3 is 5.97 Å². The second kappa shape index (κ2) is 9.74. The molecule has 116 valence electrons. The summed E-state index contributed by atoms with van der Waals surface area (Å²) in [6, 6.07) is 7.08. The number of hydrogen-bond acceptors (Lipinski definition) is 5. The molecule has 21 heavy (non-hydrogen) atoms. The third-order valence-electron chi connectivity index (χ3n) is 2.65. The van der Waals surface area contributed by atoms with Crippen LogP contribution in [0.1, 0.15) is 26.7 Å².